The van der Waals surface area contributed by atoms with Crippen molar-refractivity contribution in [3.8, 4) is 17.1 Å². The number of amides is 1. The van der Waals surface area contributed by atoms with Crippen molar-refractivity contribution in [3.63, 3.8) is 0 Å². The number of aromatic hydroxyl groups is 1. The second-order valence-corrected chi connectivity index (χ2v) is 6.03. The van der Waals surface area contributed by atoms with Crippen molar-refractivity contribution in [1.82, 2.24) is 4.90 Å². The normalized spacial score (nSPS) is 16.8. The molecule has 1 amide bonds. The number of phenols is 1. The summed E-state index contributed by atoms with van der Waals surface area (Å²) in [6.45, 7) is 2.44. The van der Waals surface area contributed by atoms with Gasteiger partial charge in [0, 0.05) is 6.54 Å². The Kier molecular flexibility index (Phi) is 4.04. The number of thiocarbonyl (C=S) groups is 1. The van der Waals surface area contributed by atoms with Crippen molar-refractivity contribution < 1.29 is 14.3 Å². The van der Waals surface area contributed by atoms with Crippen LogP contribution in [0.2, 0.25) is 0 Å². The van der Waals surface area contributed by atoms with Crippen molar-refractivity contribution in [2.45, 2.75) is 6.92 Å². The van der Waals surface area contributed by atoms with Crippen LogP contribution in [0, 0.1) is 0 Å². The fourth-order valence-corrected chi connectivity index (χ4v) is 3.50. The number of hydrogen-bond acceptors (Lipinski definition) is 5. The number of hydrogen-bond donors (Lipinski definition) is 1. The lowest BCUT2D eigenvalue weighted by Crippen LogP contribution is -2.26. The van der Waals surface area contributed by atoms with Crippen LogP contribution >= 0.6 is 24.0 Å². The molecule has 1 saturated heterocycles. The van der Waals surface area contributed by atoms with E-state index in [0.29, 0.717) is 33.5 Å². The third-order valence-corrected chi connectivity index (χ3v) is 4.76. The summed E-state index contributed by atoms with van der Waals surface area (Å²) in [5, 5.41) is 9.79. The van der Waals surface area contributed by atoms with E-state index in [9.17, 15) is 9.90 Å². The lowest BCUT2D eigenvalue weighted by Gasteiger charge is -2.09. The van der Waals surface area contributed by atoms with Gasteiger partial charge in [-0.1, -0.05) is 24.4 Å². The lowest BCUT2D eigenvalue weighted by molar-refractivity contribution is 0.247. The van der Waals surface area contributed by atoms with Gasteiger partial charge in [0.2, 0.25) is 0 Å². The maximum Gasteiger partial charge on any atom is 0.291 e. The van der Waals surface area contributed by atoms with E-state index in [4.69, 9.17) is 16.6 Å². The molecule has 1 fully saturated rings. The Morgan fingerprint density at radius 3 is 2.77 bits per heavy atom. The third-order valence-electron chi connectivity index (χ3n) is 3.26. The molecule has 3 rings (SSSR count). The number of carbonyl (C=O) groups excluding carboxylic acids is 1. The second-order valence-electron chi connectivity index (χ2n) is 4.65. The summed E-state index contributed by atoms with van der Waals surface area (Å²) in [5.74, 6) is 1.32. The smallest absolute Gasteiger partial charge is 0.291 e. The van der Waals surface area contributed by atoms with E-state index >= 15 is 0 Å². The lowest BCUT2D eigenvalue weighted by atomic mass is 10.1. The van der Waals surface area contributed by atoms with Gasteiger partial charge in [-0.3, -0.25) is 9.69 Å². The molecule has 6 heteroatoms. The average molecular weight is 331 g/mol. The number of phenolic OH excluding ortho intramolecular Hbond substituents is 1. The van der Waals surface area contributed by atoms with Gasteiger partial charge in [-0.05, 0) is 49.0 Å². The van der Waals surface area contributed by atoms with E-state index in [1.54, 1.807) is 41.3 Å². The third kappa shape index (κ3) is 2.67. The van der Waals surface area contributed by atoms with Crippen LogP contribution in [-0.2, 0) is 0 Å². The predicted octanol–water partition coefficient (Wildman–Crippen LogP) is 4.51. The Bertz CT molecular complexity index is 779. The molecule has 1 aromatic carbocycles. The molecule has 1 aliphatic rings. The minimum atomic E-state index is -0.0637. The van der Waals surface area contributed by atoms with E-state index in [0.717, 1.165) is 11.8 Å². The van der Waals surface area contributed by atoms with Crippen LogP contribution in [0.25, 0.3) is 17.4 Å². The molecular formula is C16H13NO3S2. The zero-order valence-electron chi connectivity index (χ0n) is 11.8. The number of nitrogens with zero attached hydrogens (tertiary/aromatic N) is 1. The van der Waals surface area contributed by atoms with Gasteiger partial charge < -0.3 is 9.52 Å². The highest BCUT2D eigenvalue weighted by Crippen LogP contribution is 2.35. The molecule has 0 unspecified atom stereocenters. The molecule has 4 nitrogen and oxygen atoms in total. The zero-order chi connectivity index (χ0) is 15.7. The molecule has 0 spiro atoms. The molecule has 0 radical (unpaired) electrons. The average Bonchev–Trinajstić information content (AvgIpc) is 3.05. The highest BCUT2D eigenvalue weighted by atomic mass is 32.2. The van der Waals surface area contributed by atoms with Crippen molar-refractivity contribution >= 4 is 40.3 Å². The van der Waals surface area contributed by atoms with Gasteiger partial charge >= 0.3 is 0 Å². The minimum absolute atomic E-state index is 0.0637. The quantitative estimate of drug-likeness (QED) is 0.662. The van der Waals surface area contributed by atoms with Gasteiger partial charge in [0.15, 0.2) is 0 Å². The summed E-state index contributed by atoms with van der Waals surface area (Å²) in [5.41, 5.74) is 0.625. The highest BCUT2D eigenvalue weighted by molar-refractivity contribution is 8.19. The van der Waals surface area contributed by atoms with Gasteiger partial charge in [-0.2, -0.15) is 0 Å². The van der Waals surface area contributed by atoms with E-state index in [2.05, 4.69) is 0 Å². The molecule has 1 aliphatic heterocycles. The maximum atomic E-state index is 11.8. The fraction of sp³-hybridized carbons (Fsp3) is 0.125. The molecule has 22 heavy (non-hydrogen) atoms. The highest BCUT2D eigenvalue weighted by Gasteiger charge is 2.30. The standard InChI is InChI=1S/C16H13NO3S2/c1-2-17-15(21)14(22-16(17)19)9-10-7-8-13(20-10)11-5-3-4-6-12(11)18/h3-9,18H,2H2,1H3/b14-9+. The number of benzene rings is 1. The van der Waals surface area contributed by atoms with Crippen LogP contribution in [0.15, 0.2) is 45.7 Å². The molecule has 0 aliphatic carbocycles. The predicted molar refractivity (Wildman–Crippen MR) is 91.8 cm³/mol. The fourth-order valence-electron chi connectivity index (χ4n) is 2.16. The van der Waals surface area contributed by atoms with E-state index < -0.39 is 0 Å². The Labute approximate surface area is 137 Å². The first-order valence-corrected chi connectivity index (χ1v) is 7.96. The van der Waals surface area contributed by atoms with Gasteiger partial charge in [-0.15, -0.1) is 0 Å². The van der Waals surface area contributed by atoms with Crippen molar-refractivity contribution in [1.29, 1.82) is 0 Å². The SMILES string of the molecule is CCN1C(=O)S/C(=C/c2ccc(-c3ccccc3O)o2)C1=S. The van der Waals surface area contributed by atoms with E-state index in [1.807, 2.05) is 13.0 Å². The van der Waals surface area contributed by atoms with Crippen LogP contribution < -0.4 is 0 Å². The van der Waals surface area contributed by atoms with Crippen LogP contribution in [0.1, 0.15) is 12.7 Å². The summed E-state index contributed by atoms with van der Waals surface area (Å²) < 4.78 is 5.73. The number of furan rings is 1. The molecule has 0 saturated carbocycles. The first-order valence-electron chi connectivity index (χ1n) is 6.73. The van der Waals surface area contributed by atoms with Gasteiger partial charge in [0.25, 0.3) is 5.24 Å². The molecule has 2 aromatic rings. The van der Waals surface area contributed by atoms with Gasteiger partial charge in [0.05, 0.1) is 10.5 Å². The molecule has 2 heterocycles. The second kappa shape index (κ2) is 5.98. The monoisotopic (exact) mass is 331 g/mol. The first kappa shape index (κ1) is 14.9. The van der Waals surface area contributed by atoms with Gasteiger partial charge in [0.1, 0.15) is 22.3 Å². The van der Waals surface area contributed by atoms with Crippen molar-refractivity contribution in [2.24, 2.45) is 0 Å². The summed E-state index contributed by atoms with van der Waals surface area (Å²) in [6, 6.07) is 10.5. The van der Waals surface area contributed by atoms with Crippen LogP contribution in [-0.4, -0.2) is 26.8 Å². The Morgan fingerprint density at radius 1 is 1.32 bits per heavy atom. The summed E-state index contributed by atoms with van der Waals surface area (Å²) in [6.07, 6.45) is 1.75. The van der Waals surface area contributed by atoms with Gasteiger partial charge in [-0.25, -0.2) is 0 Å². The molecule has 0 atom stereocenters. The number of thioether (sulfide) groups is 1. The summed E-state index contributed by atoms with van der Waals surface area (Å²) >= 11 is 6.40. The number of para-hydroxylation sites is 1. The molecule has 1 aromatic heterocycles. The van der Waals surface area contributed by atoms with Crippen LogP contribution in [0.4, 0.5) is 4.79 Å². The molecule has 1 N–H and O–H groups in total. The first-order chi connectivity index (χ1) is 10.6. The minimum Gasteiger partial charge on any atom is -0.507 e. The van der Waals surface area contributed by atoms with Crippen molar-refractivity contribution in [2.75, 3.05) is 6.54 Å². The van der Waals surface area contributed by atoms with Crippen molar-refractivity contribution in [3.05, 3.63) is 47.1 Å². The topological polar surface area (TPSA) is 53.7 Å². The van der Waals surface area contributed by atoms with E-state index in [1.165, 1.54) is 0 Å². The Morgan fingerprint density at radius 2 is 2.09 bits per heavy atom. The summed E-state index contributed by atoms with van der Waals surface area (Å²) in [7, 11) is 0. The zero-order valence-corrected chi connectivity index (χ0v) is 13.4. The van der Waals surface area contributed by atoms with Crippen LogP contribution in [0.5, 0.6) is 5.75 Å². The largest absolute Gasteiger partial charge is 0.507 e. The van der Waals surface area contributed by atoms with E-state index in [-0.39, 0.29) is 11.0 Å². The summed E-state index contributed by atoms with van der Waals surface area (Å²) in [4.78, 5) is 14.6. The van der Waals surface area contributed by atoms with Crippen LogP contribution in [0.3, 0.4) is 0 Å². The number of carbonyl (C=O) groups is 1. The number of likely N-dealkylation sites (N-methyl/N-ethyl adjacent to an activating group) is 1. The Balaban J connectivity index is 1.90. The number of rotatable bonds is 3. The molecule has 112 valence electrons. The Hall–Kier alpha value is -2.05. The molecular weight excluding hydrogens is 318 g/mol. The maximum absolute atomic E-state index is 11.8. The molecule has 0 bridgehead atoms.